The lowest BCUT2D eigenvalue weighted by atomic mass is 9.70. The molecule has 1 aromatic heterocycles. The molecule has 3 heterocycles. The van der Waals surface area contributed by atoms with Gasteiger partial charge in [0.2, 0.25) is 5.95 Å². The van der Waals surface area contributed by atoms with Gasteiger partial charge in [0.15, 0.2) is 14.1 Å². The molecular weight excluding hydrogens is 614 g/mol. The van der Waals surface area contributed by atoms with Crippen LogP contribution in [0.4, 0.5) is 30.6 Å². The number of nitriles is 1. The summed E-state index contributed by atoms with van der Waals surface area (Å²) in [5.41, 5.74) is -0.931. The van der Waals surface area contributed by atoms with Gasteiger partial charge in [0, 0.05) is 36.4 Å². The molecule has 2 aliphatic rings. The monoisotopic (exact) mass is 653 g/mol. The predicted molar refractivity (Wildman–Crippen MR) is 167 cm³/mol. The van der Waals surface area contributed by atoms with Gasteiger partial charge in [0.05, 0.1) is 43.0 Å². The molecule has 0 saturated carbocycles. The summed E-state index contributed by atoms with van der Waals surface area (Å²) in [5.74, 6) is -0.0572. The van der Waals surface area contributed by atoms with Crippen LogP contribution in [-0.4, -0.2) is 57.9 Å². The Hall–Kier alpha value is -2.41. The number of anilines is 3. The smallest absolute Gasteiger partial charge is 0.413 e. The number of ether oxygens (including phenoxy) is 1. The Balaban J connectivity index is 1.72. The van der Waals surface area contributed by atoms with Gasteiger partial charge in [-0.3, -0.25) is 0 Å². The van der Waals surface area contributed by atoms with Crippen molar-refractivity contribution in [1.82, 2.24) is 9.97 Å². The van der Waals surface area contributed by atoms with Crippen molar-refractivity contribution < 1.29 is 31.6 Å². The third-order valence-corrected chi connectivity index (χ3v) is 13.1. The van der Waals surface area contributed by atoms with Gasteiger partial charge < -0.3 is 29.1 Å². The molecule has 2 aliphatic heterocycles. The van der Waals surface area contributed by atoms with Crippen molar-refractivity contribution in [2.24, 2.45) is 11.3 Å². The Bertz CT molecular complexity index is 1380. The number of alkyl halides is 3. The summed E-state index contributed by atoms with van der Waals surface area (Å²) < 4.78 is 67.7. The number of rotatable bonds is 8. The second kappa shape index (κ2) is 13.1. The van der Waals surface area contributed by atoms with Crippen LogP contribution < -0.4 is 16.1 Å². The number of benzene rings is 1. The molecule has 2 saturated heterocycles. The summed E-state index contributed by atoms with van der Waals surface area (Å²) in [5, 5.41) is 15.6. The number of hydrogen-bond acceptors (Lipinski definition) is 9. The summed E-state index contributed by atoms with van der Waals surface area (Å²) in [6.45, 7) is 15.3. The van der Waals surface area contributed by atoms with E-state index in [1.807, 2.05) is 26.9 Å². The van der Waals surface area contributed by atoms with Gasteiger partial charge in [0.25, 0.3) is 0 Å². The number of aromatic nitrogens is 2. The standard InChI is InChI=1S/C29H40BClF3N5O4Si/c1-27(2,3)44(6,7)43-14-19-10-20(11-21(29(32,33)34)24(19)30-41-16-28(4,5)17-42-30)37-26-36-13-22(31)25(39-26)38-23-15-40-9-8-18(23)12-35/h10-11,13,18,23H,8-9,14-17H2,1-7H3,(H2,36,37,38,39). The normalized spacial score (nSPS) is 21.1. The molecule has 44 heavy (non-hydrogen) atoms. The Kier molecular flexibility index (Phi) is 10.3. The number of nitrogens with one attached hydrogen (secondary N) is 2. The number of nitrogens with zero attached hydrogens (tertiary/aromatic N) is 3. The molecule has 0 aliphatic carbocycles. The highest BCUT2D eigenvalue weighted by Gasteiger charge is 2.44. The van der Waals surface area contributed by atoms with Gasteiger partial charge in [-0.2, -0.15) is 23.4 Å². The molecule has 2 unspecified atom stereocenters. The van der Waals surface area contributed by atoms with Crippen molar-refractivity contribution in [1.29, 1.82) is 5.26 Å². The van der Waals surface area contributed by atoms with Crippen molar-refractivity contribution in [3.8, 4) is 6.07 Å². The van der Waals surface area contributed by atoms with Gasteiger partial charge >= 0.3 is 13.3 Å². The van der Waals surface area contributed by atoms with Gasteiger partial charge in [-0.05, 0) is 42.2 Å². The third-order valence-electron chi connectivity index (χ3n) is 8.30. The van der Waals surface area contributed by atoms with E-state index in [2.05, 4.69) is 47.4 Å². The number of halogens is 4. The first-order chi connectivity index (χ1) is 20.4. The van der Waals surface area contributed by atoms with Gasteiger partial charge in [0.1, 0.15) is 5.02 Å². The van der Waals surface area contributed by atoms with Crippen LogP contribution in [0.2, 0.25) is 23.2 Å². The van der Waals surface area contributed by atoms with E-state index in [0.717, 1.165) is 6.07 Å². The topological polar surface area (TPSA) is 111 Å². The fourth-order valence-electron chi connectivity index (χ4n) is 4.62. The van der Waals surface area contributed by atoms with Crippen molar-refractivity contribution in [2.45, 2.75) is 78.0 Å². The summed E-state index contributed by atoms with van der Waals surface area (Å²) in [7, 11) is -3.55. The molecular formula is C29H40BClF3N5O4Si. The van der Waals surface area contributed by atoms with Crippen LogP contribution in [0.5, 0.6) is 0 Å². The lowest BCUT2D eigenvalue weighted by molar-refractivity contribution is -0.137. The fourth-order valence-corrected chi connectivity index (χ4v) is 5.71. The Labute approximate surface area is 263 Å². The molecule has 4 rings (SSSR count). The summed E-state index contributed by atoms with van der Waals surface area (Å²) in [6, 6.07) is 4.50. The van der Waals surface area contributed by atoms with E-state index in [4.69, 9.17) is 30.1 Å². The lowest BCUT2D eigenvalue weighted by Gasteiger charge is -2.37. The minimum Gasteiger partial charge on any atom is -0.413 e. The van der Waals surface area contributed by atoms with Crippen molar-refractivity contribution in [2.75, 3.05) is 37.1 Å². The van der Waals surface area contributed by atoms with E-state index in [-0.39, 0.29) is 76.8 Å². The van der Waals surface area contributed by atoms with Crippen LogP contribution in [0.3, 0.4) is 0 Å². The highest BCUT2D eigenvalue weighted by Crippen LogP contribution is 2.38. The largest absolute Gasteiger partial charge is 0.494 e. The highest BCUT2D eigenvalue weighted by molar-refractivity contribution is 6.74. The first kappa shape index (κ1) is 34.5. The molecule has 2 N–H and O–H groups in total. The molecule has 0 radical (unpaired) electrons. The zero-order valence-corrected chi connectivity index (χ0v) is 27.9. The molecule has 0 bridgehead atoms. The second-order valence-corrected chi connectivity index (χ2v) is 18.8. The lowest BCUT2D eigenvalue weighted by Crippen LogP contribution is -2.51. The van der Waals surface area contributed by atoms with E-state index >= 15 is 0 Å². The Morgan fingerprint density at radius 3 is 2.50 bits per heavy atom. The van der Waals surface area contributed by atoms with E-state index in [1.165, 1.54) is 6.20 Å². The van der Waals surface area contributed by atoms with Gasteiger partial charge in [-0.1, -0.05) is 46.2 Å². The van der Waals surface area contributed by atoms with Gasteiger partial charge in [-0.25, -0.2) is 4.98 Å². The molecule has 0 amide bonds. The maximum Gasteiger partial charge on any atom is 0.494 e. The van der Waals surface area contributed by atoms with E-state index in [9.17, 15) is 18.4 Å². The first-order valence-electron chi connectivity index (χ1n) is 14.5. The summed E-state index contributed by atoms with van der Waals surface area (Å²) in [6.07, 6.45) is -2.82. The predicted octanol–water partition coefficient (Wildman–Crippen LogP) is 6.52. The highest BCUT2D eigenvalue weighted by atomic mass is 35.5. The zero-order valence-electron chi connectivity index (χ0n) is 26.2. The van der Waals surface area contributed by atoms with Gasteiger partial charge in [-0.15, -0.1) is 0 Å². The minimum atomic E-state index is -4.72. The first-order valence-corrected chi connectivity index (χ1v) is 17.8. The fraction of sp³-hybridized carbons (Fsp3) is 0.621. The van der Waals surface area contributed by atoms with E-state index in [1.54, 1.807) is 6.07 Å². The Morgan fingerprint density at radius 1 is 1.20 bits per heavy atom. The van der Waals surface area contributed by atoms with Crippen molar-refractivity contribution >= 4 is 50.0 Å². The SMILES string of the molecule is CC1(C)COB(c2c(CO[Si](C)(C)C(C)(C)C)cc(Nc3ncc(Cl)c(NC4COCCC4C#N)n3)cc2C(F)(F)F)OC1. The quantitative estimate of drug-likeness (QED) is 0.308. The van der Waals surface area contributed by atoms with Crippen LogP contribution in [0.1, 0.15) is 52.2 Å². The maximum absolute atomic E-state index is 14.7. The zero-order chi connectivity index (χ0) is 32.5. The van der Waals surface area contributed by atoms with Crippen LogP contribution in [-0.2, 0) is 31.3 Å². The minimum absolute atomic E-state index is 0.0196. The second-order valence-electron chi connectivity index (χ2n) is 13.6. The molecule has 15 heteroatoms. The maximum atomic E-state index is 14.7. The third kappa shape index (κ3) is 8.24. The molecule has 9 nitrogen and oxygen atoms in total. The average Bonchev–Trinajstić information content (AvgIpc) is 2.93. The summed E-state index contributed by atoms with van der Waals surface area (Å²) in [4.78, 5) is 8.60. The molecule has 2 atom stereocenters. The van der Waals surface area contributed by atoms with Crippen molar-refractivity contribution in [3.05, 3.63) is 34.5 Å². The number of hydrogen-bond donors (Lipinski definition) is 2. The molecule has 0 spiro atoms. The van der Waals surface area contributed by atoms with E-state index < -0.39 is 27.2 Å². The summed E-state index contributed by atoms with van der Waals surface area (Å²) >= 11 is 6.34. The molecule has 240 valence electrons. The Morgan fingerprint density at radius 2 is 1.89 bits per heavy atom. The van der Waals surface area contributed by atoms with Crippen LogP contribution in [0, 0.1) is 22.7 Å². The molecule has 1 aromatic carbocycles. The van der Waals surface area contributed by atoms with E-state index in [0.29, 0.717) is 18.6 Å². The average molecular weight is 654 g/mol. The van der Waals surface area contributed by atoms with Crippen molar-refractivity contribution in [3.63, 3.8) is 0 Å². The molecule has 2 fully saturated rings. The van der Waals surface area contributed by atoms with Crippen LogP contribution in [0.15, 0.2) is 18.3 Å². The molecule has 2 aromatic rings. The van der Waals surface area contributed by atoms with Crippen LogP contribution >= 0.6 is 11.6 Å². The van der Waals surface area contributed by atoms with Crippen LogP contribution in [0.25, 0.3) is 0 Å².